The van der Waals surface area contributed by atoms with Crippen LogP contribution in [0.15, 0.2) is 24.3 Å². The Morgan fingerprint density at radius 3 is 2.47 bits per heavy atom. The van der Waals surface area contributed by atoms with Crippen molar-refractivity contribution in [3.8, 4) is 0 Å². The van der Waals surface area contributed by atoms with Crippen molar-refractivity contribution in [2.75, 3.05) is 12.4 Å². The Labute approximate surface area is 114 Å². The van der Waals surface area contributed by atoms with Gasteiger partial charge in [-0.3, -0.25) is 0 Å². The molecule has 0 fully saturated rings. The van der Waals surface area contributed by atoms with E-state index < -0.39 is 0 Å². The molecule has 1 nitrogen and oxygen atoms in total. The van der Waals surface area contributed by atoms with Gasteiger partial charge in [0.05, 0.1) is 6.61 Å². The third-order valence-electron chi connectivity index (χ3n) is 2.57. The molecule has 17 heavy (non-hydrogen) atoms. The summed E-state index contributed by atoms with van der Waals surface area (Å²) in [6, 6.07) is 7.78. The SMILES string of the molecule is CC(C)(C)SCCC(CO)c1ccccc1Cl. The maximum atomic E-state index is 9.47. The van der Waals surface area contributed by atoms with E-state index in [0.29, 0.717) is 0 Å². The molecule has 1 aromatic carbocycles. The lowest BCUT2D eigenvalue weighted by Gasteiger charge is -2.20. The number of rotatable bonds is 5. The van der Waals surface area contributed by atoms with E-state index in [-0.39, 0.29) is 17.3 Å². The molecule has 0 aliphatic carbocycles. The average Bonchev–Trinajstić information content (AvgIpc) is 2.24. The first-order chi connectivity index (χ1) is 7.94. The van der Waals surface area contributed by atoms with Crippen LogP contribution in [0.2, 0.25) is 5.02 Å². The van der Waals surface area contributed by atoms with Crippen molar-refractivity contribution in [1.82, 2.24) is 0 Å². The average molecular weight is 273 g/mol. The maximum Gasteiger partial charge on any atom is 0.0500 e. The Morgan fingerprint density at radius 1 is 1.29 bits per heavy atom. The van der Waals surface area contributed by atoms with Gasteiger partial charge in [-0.15, -0.1) is 0 Å². The fourth-order valence-electron chi connectivity index (χ4n) is 1.66. The lowest BCUT2D eigenvalue weighted by Crippen LogP contribution is -2.11. The molecule has 0 amide bonds. The van der Waals surface area contributed by atoms with Crippen LogP contribution in [0, 0.1) is 0 Å². The maximum absolute atomic E-state index is 9.47. The van der Waals surface area contributed by atoms with Gasteiger partial charge < -0.3 is 5.11 Å². The topological polar surface area (TPSA) is 20.2 Å². The van der Waals surface area contributed by atoms with E-state index in [4.69, 9.17) is 11.6 Å². The summed E-state index contributed by atoms with van der Waals surface area (Å²) in [7, 11) is 0. The molecule has 0 saturated carbocycles. The fourth-order valence-corrected chi connectivity index (χ4v) is 2.96. The van der Waals surface area contributed by atoms with Crippen LogP contribution in [0.4, 0.5) is 0 Å². The molecular formula is C14H21ClOS. The monoisotopic (exact) mass is 272 g/mol. The minimum Gasteiger partial charge on any atom is -0.396 e. The fraction of sp³-hybridized carbons (Fsp3) is 0.571. The lowest BCUT2D eigenvalue weighted by molar-refractivity contribution is 0.263. The summed E-state index contributed by atoms with van der Waals surface area (Å²) in [5.41, 5.74) is 1.06. The van der Waals surface area contributed by atoms with E-state index in [1.54, 1.807) is 0 Å². The van der Waals surface area contributed by atoms with Crippen molar-refractivity contribution >= 4 is 23.4 Å². The molecule has 0 saturated heterocycles. The van der Waals surface area contributed by atoms with E-state index in [1.165, 1.54) is 0 Å². The Hall–Kier alpha value is -0.180. The number of aliphatic hydroxyl groups is 1. The second-order valence-electron chi connectivity index (χ2n) is 5.15. The number of benzene rings is 1. The highest BCUT2D eigenvalue weighted by Gasteiger charge is 2.16. The lowest BCUT2D eigenvalue weighted by atomic mass is 9.97. The molecular weight excluding hydrogens is 252 g/mol. The Balaban J connectivity index is 2.58. The van der Waals surface area contributed by atoms with Crippen LogP contribution in [0.5, 0.6) is 0 Å². The quantitative estimate of drug-likeness (QED) is 0.861. The first kappa shape index (κ1) is 14.9. The summed E-state index contributed by atoms with van der Waals surface area (Å²) in [5, 5.41) is 10.2. The Kier molecular flexibility index (Phi) is 5.84. The van der Waals surface area contributed by atoms with Gasteiger partial charge in [0.25, 0.3) is 0 Å². The molecule has 0 spiro atoms. The predicted octanol–water partition coefficient (Wildman–Crippen LogP) is 4.34. The van der Waals surface area contributed by atoms with Gasteiger partial charge in [-0.1, -0.05) is 50.6 Å². The van der Waals surface area contributed by atoms with E-state index in [0.717, 1.165) is 22.8 Å². The molecule has 0 heterocycles. The van der Waals surface area contributed by atoms with Gasteiger partial charge in [0.15, 0.2) is 0 Å². The highest BCUT2D eigenvalue weighted by atomic mass is 35.5. The predicted molar refractivity (Wildman–Crippen MR) is 78.1 cm³/mol. The summed E-state index contributed by atoms with van der Waals surface area (Å²) in [6.07, 6.45) is 0.960. The highest BCUT2D eigenvalue weighted by molar-refractivity contribution is 8.00. The van der Waals surface area contributed by atoms with Gasteiger partial charge in [-0.25, -0.2) is 0 Å². The summed E-state index contributed by atoms with van der Waals surface area (Å²) in [5.74, 6) is 1.19. The Bertz CT molecular complexity index is 346. The summed E-state index contributed by atoms with van der Waals surface area (Å²) < 4.78 is 0.278. The van der Waals surface area contributed by atoms with Crippen LogP contribution in [-0.2, 0) is 0 Å². The molecule has 0 bridgehead atoms. The van der Waals surface area contributed by atoms with Crippen molar-refractivity contribution < 1.29 is 5.11 Å². The van der Waals surface area contributed by atoms with E-state index in [2.05, 4.69) is 20.8 Å². The normalized spacial score (nSPS) is 13.7. The summed E-state index contributed by atoms with van der Waals surface area (Å²) in [4.78, 5) is 0. The van der Waals surface area contributed by atoms with Crippen LogP contribution < -0.4 is 0 Å². The molecule has 1 N–H and O–H groups in total. The van der Waals surface area contributed by atoms with Gasteiger partial charge in [-0.05, 0) is 23.8 Å². The molecule has 1 atom stereocenters. The zero-order valence-corrected chi connectivity index (χ0v) is 12.3. The van der Waals surface area contributed by atoms with Crippen molar-refractivity contribution in [2.45, 2.75) is 37.9 Å². The highest BCUT2D eigenvalue weighted by Crippen LogP contribution is 2.30. The molecule has 0 radical (unpaired) electrons. The molecule has 1 unspecified atom stereocenters. The molecule has 0 aliphatic rings. The van der Waals surface area contributed by atoms with Crippen LogP contribution in [0.25, 0.3) is 0 Å². The van der Waals surface area contributed by atoms with Gasteiger partial charge in [0, 0.05) is 15.7 Å². The Morgan fingerprint density at radius 2 is 1.94 bits per heavy atom. The summed E-state index contributed by atoms with van der Waals surface area (Å²) in [6.45, 7) is 6.79. The standard InChI is InChI=1S/C14H21ClOS/c1-14(2,3)17-9-8-11(10-16)12-6-4-5-7-13(12)15/h4-7,11,16H,8-10H2,1-3H3. The van der Waals surface area contributed by atoms with Gasteiger partial charge in [-0.2, -0.15) is 11.8 Å². The van der Waals surface area contributed by atoms with Gasteiger partial charge in [0.2, 0.25) is 0 Å². The first-order valence-electron chi connectivity index (χ1n) is 5.93. The molecule has 1 rings (SSSR count). The van der Waals surface area contributed by atoms with E-state index in [1.807, 2.05) is 36.0 Å². The van der Waals surface area contributed by atoms with Crippen molar-refractivity contribution in [3.63, 3.8) is 0 Å². The second-order valence-corrected chi connectivity index (χ2v) is 7.48. The third-order valence-corrected chi connectivity index (χ3v) is 4.22. The number of thioether (sulfide) groups is 1. The zero-order valence-electron chi connectivity index (χ0n) is 10.7. The number of hydrogen-bond donors (Lipinski definition) is 1. The minimum atomic E-state index is 0.151. The zero-order chi connectivity index (χ0) is 12.9. The number of aliphatic hydroxyl groups excluding tert-OH is 1. The van der Waals surface area contributed by atoms with Crippen LogP contribution in [0.1, 0.15) is 38.7 Å². The molecule has 0 aromatic heterocycles. The minimum absolute atomic E-state index is 0.151. The van der Waals surface area contributed by atoms with Crippen molar-refractivity contribution in [1.29, 1.82) is 0 Å². The molecule has 0 aliphatic heterocycles. The van der Waals surface area contributed by atoms with Gasteiger partial charge >= 0.3 is 0 Å². The van der Waals surface area contributed by atoms with Crippen LogP contribution in [0.3, 0.4) is 0 Å². The third kappa shape index (κ3) is 5.33. The number of halogens is 1. The van der Waals surface area contributed by atoms with E-state index >= 15 is 0 Å². The smallest absolute Gasteiger partial charge is 0.0500 e. The largest absolute Gasteiger partial charge is 0.396 e. The van der Waals surface area contributed by atoms with Crippen molar-refractivity contribution in [3.05, 3.63) is 34.9 Å². The molecule has 3 heteroatoms. The summed E-state index contributed by atoms with van der Waals surface area (Å²) >= 11 is 8.07. The van der Waals surface area contributed by atoms with Crippen LogP contribution >= 0.6 is 23.4 Å². The van der Waals surface area contributed by atoms with Crippen molar-refractivity contribution in [2.24, 2.45) is 0 Å². The van der Waals surface area contributed by atoms with E-state index in [9.17, 15) is 5.11 Å². The second kappa shape index (κ2) is 6.67. The first-order valence-corrected chi connectivity index (χ1v) is 7.29. The van der Waals surface area contributed by atoms with Crippen LogP contribution in [-0.4, -0.2) is 22.2 Å². The van der Waals surface area contributed by atoms with Gasteiger partial charge in [0.1, 0.15) is 0 Å². The number of hydrogen-bond acceptors (Lipinski definition) is 2. The molecule has 96 valence electrons. The molecule has 1 aromatic rings.